The topological polar surface area (TPSA) is 104 Å². The summed E-state index contributed by atoms with van der Waals surface area (Å²) in [5.41, 5.74) is 1.54. The summed E-state index contributed by atoms with van der Waals surface area (Å²) in [4.78, 5) is 21.8. The van der Waals surface area contributed by atoms with Gasteiger partial charge in [0.05, 0.1) is 11.5 Å². The van der Waals surface area contributed by atoms with Crippen LogP contribution in [0.25, 0.3) is 0 Å². The second kappa shape index (κ2) is 7.51. The van der Waals surface area contributed by atoms with Crippen LogP contribution in [-0.2, 0) is 14.6 Å². The summed E-state index contributed by atoms with van der Waals surface area (Å²) in [6.07, 6.45) is 0.606. The quantitative estimate of drug-likeness (QED) is 0.807. The van der Waals surface area contributed by atoms with Gasteiger partial charge in [-0.15, -0.1) is 0 Å². The molecule has 2 N–H and O–H groups in total. The highest BCUT2D eigenvalue weighted by Gasteiger charge is 2.31. The van der Waals surface area contributed by atoms with Crippen LogP contribution in [0, 0.1) is 6.92 Å². The van der Waals surface area contributed by atoms with Gasteiger partial charge >= 0.3 is 0 Å². The molecule has 0 bridgehead atoms. The Labute approximate surface area is 158 Å². The smallest absolute Gasteiger partial charge is 0.221 e. The molecule has 1 amide bonds. The van der Waals surface area contributed by atoms with Gasteiger partial charge < -0.3 is 15.5 Å². The molecule has 1 aromatic carbocycles. The third kappa shape index (κ3) is 4.94. The summed E-state index contributed by atoms with van der Waals surface area (Å²) in [6, 6.07) is 9.02. The maximum Gasteiger partial charge on any atom is 0.221 e. The molecule has 0 radical (unpaired) electrons. The molecule has 27 heavy (non-hydrogen) atoms. The molecule has 0 saturated carbocycles. The van der Waals surface area contributed by atoms with Gasteiger partial charge in [-0.2, -0.15) is 0 Å². The van der Waals surface area contributed by atoms with Crippen LogP contribution in [0.1, 0.15) is 19.2 Å². The maximum atomic E-state index is 11.7. The normalized spacial score (nSPS) is 18.1. The summed E-state index contributed by atoms with van der Waals surface area (Å²) in [5, 5.41) is 5.94. The Hall–Kier alpha value is -2.68. The van der Waals surface area contributed by atoms with E-state index in [-0.39, 0.29) is 23.5 Å². The SMILES string of the molecule is CC(=O)Nc1ccc(Nc2cc(N(C)C3CCS(=O)(=O)C3)nc(C)n2)cc1. The van der Waals surface area contributed by atoms with Crippen molar-refractivity contribution in [2.45, 2.75) is 26.3 Å². The lowest BCUT2D eigenvalue weighted by Crippen LogP contribution is -2.33. The highest BCUT2D eigenvalue weighted by atomic mass is 32.2. The lowest BCUT2D eigenvalue weighted by atomic mass is 10.2. The summed E-state index contributed by atoms with van der Waals surface area (Å²) >= 11 is 0. The molecule has 2 heterocycles. The molecule has 3 rings (SSSR count). The molecule has 9 heteroatoms. The van der Waals surface area contributed by atoms with E-state index in [0.29, 0.717) is 23.9 Å². The van der Waals surface area contributed by atoms with Crippen molar-refractivity contribution >= 4 is 38.8 Å². The Morgan fingerprint density at radius 1 is 1.19 bits per heavy atom. The van der Waals surface area contributed by atoms with Crippen molar-refractivity contribution < 1.29 is 13.2 Å². The maximum absolute atomic E-state index is 11.7. The molecule has 1 aromatic heterocycles. The summed E-state index contributed by atoms with van der Waals surface area (Å²) < 4.78 is 23.5. The minimum absolute atomic E-state index is 0.0749. The van der Waals surface area contributed by atoms with E-state index in [1.807, 2.05) is 24.1 Å². The number of anilines is 4. The van der Waals surface area contributed by atoms with Crippen molar-refractivity contribution in [3.63, 3.8) is 0 Å². The number of benzene rings is 1. The first-order valence-electron chi connectivity index (χ1n) is 8.65. The molecule has 0 aliphatic carbocycles. The van der Waals surface area contributed by atoms with E-state index < -0.39 is 9.84 Å². The molecule has 8 nitrogen and oxygen atoms in total. The number of aryl methyl sites for hydroxylation is 1. The number of nitrogens with zero attached hydrogens (tertiary/aromatic N) is 3. The number of rotatable bonds is 5. The van der Waals surface area contributed by atoms with E-state index in [4.69, 9.17) is 0 Å². The average Bonchev–Trinajstić information content (AvgIpc) is 2.95. The number of aromatic nitrogens is 2. The predicted octanol–water partition coefficient (Wildman–Crippen LogP) is 2.11. The second-order valence-electron chi connectivity index (χ2n) is 6.71. The molecule has 1 saturated heterocycles. The summed E-state index contributed by atoms with van der Waals surface area (Å²) in [6.45, 7) is 3.26. The number of amides is 1. The Kier molecular flexibility index (Phi) is 5.31. The molecule has 1 unspecified atom stereocenters. The Bertz CT molecular complexity index is 944. The molecule has 144 valence electrons. The van der Waals surface area contributed by atoms with Gasteiger partial charge in [-0.25, -0.2) is 18.4 Å². The molecule has 1 fully saturated rings. The average molecular weight is 389 g/mol. The van der Waals surface area contributed by atoms with Crippen LogP contribution in [0.15, 0.2) is 30.3 Å². The van der Waals surface area contributed by atoms with Crippen molar-refractivity contribution in [2.24, 2.45) is 0 Å². The monoisotopic (exact) mass is 389 g/mol. The van der Waals surface area contributed by atoms with Gasteiger partial charge in [-0.05, 0) is 37.6 Å². The third-order valence-electron chi connectivity index (χ3n) is 4.42. The van der Waals surface area contributed by atoms with Gasteiger partial charge in [0.25, 0.3) is 0 Å². The number of nitrogens with one attached hydrogen (secondary N) is 2. The Balaban J connectivity index is 1.76. The number of carbonyl (C=O) groups excluding carboxylic acids is 1. The molecular weight excluding hydrogens is 366 g/mol. The van der Waals surface area contributed by atoms with Crippen LogP contribution >= 0.6 is 0 Å². The number of sulfone groups is 1. The zero-order valence-electron chi connectivity index (χ0n) is 15.6. The molecule has 0 spiro atoms. The molecule has 1 aliphatic heterocycles. The second-order valence-corrected chi connectivity index (χ2v) is 8.94. The van der Waals surface area contributed by atoms with Crippen LogP contribution in [0.5, 0.6) is 0 Å². The number of hydrogen-bond acceptors (Lipinski definition) is 7. The van der Waals surface area contributed by atoms with Crippen LogP contribution in [-0.4, -0.2) is 48.9 Å². The standard InChI is InChI=1S/C18H23N5O3S/c1-12-19-17(22-15-6-4-14(5-7-15)21-13(2)24)10-18(20-12)23(3)16-8-9-27(25,26)11-16/h4-7,10,16H,8-9,11H2,1-3H3,(H,21,24)(H,19,20,22). The van der Waals surface area contributed by atoms with Crippen LogP contribution in [0.4, 0.5) is 23.0 Å². The van der Waals surface area contributed by atoms with Gasteiger partial charge in [0, 0.05) is 37.5 Å². The predicted molar refractivity (Wildman–Crippen MR) is 106 cm³/mol. The van der Waals surface area contributed by atoms with Gasteiger partial charge in [0.15, 0.2) is 9.84 Å². The zero-order valence-corrected chi connectivity index (χ0v) is 16.4. The van der Waals surface area contributed by atoms with Gasteiger partial charge in [-0.3, -0.25) is 4.79 Å². The lowest BCUT2D eigenvalue weighted by molar-refractivity contribution is -0.114. The van der Waals surface area contributed by atoms with Gasteiger partial charge in [0.2, 0.25) is 5.91 Å². The minimum atomic E-state index is -2.96. The third-order valence-corrected chi connectivity index (χ3v) is 6.17. The summed E-state index contributed by atoms with van der Waals surface area (Å²) in [5.74, 6) is 2.15. The highest BCUT2D eigenvalue weighted by molar-refractivity contribution is 7.91. The molecule has 1 atom stereocenters. The van der Waals surface area contributed by atoms with E-state index in [2.05, 4.69) is 20.6 Å². The van der Waals surface area contributed by atoms with Crippen molar-refractivity contribution in [2.75, 3.05) is 34.1 Å². The molecule has 1 aliphatic rings. The fraction of sp³-hybridized carbons (Fsp3) is 0.389. The first kappa shape index (κ1) is 19.1. The van der Waals surface area contributed by atoms with E-state index in [0.717, 1.165) is 11.4 Å². The van der Waals surface area contributed by atoms with Crippen LogP contribution < -0.4 is 15.5 Å². The largest absolute Gasteiger partial charge is 0.355 e. The fourth-order valence-electron chi connectivity index (χ4n) is 3.05. The number of carbonyl (C=O) groups is 1. The van der Waals surface area contributed by atoms with Crippen LogP contribution in [0.3, 0.4) is 0 Å². The minimum Gasteiger partial charge on any atom is -0.355 e. The first-order chi connectivity index (χ1) is 12.7. The molecular formula is C18H23N5O3S. The zero-order chi connectivity index (χ0) is 19.6. The van der Waals surface area contributed by atoms with Crippen molar-refractivity contribution in [3.05, 3.63) is 36.2 Å². The summed E-state index contributed by atoms with van der Waals surface area (Å²) in [7, 11) is -1.10. The fourth-order valence-corrected chi connectivity index (χ4v) is 4.83. The van der Waals surface area contributed by atoms with Crippen molar-refractivity contribution in [1.82, 2.24) is 9.97 Å². The van der Waals surface area contributed by atoms with E-state index in [1.54, 1.807) is 25.1 Å². The van der Waals surface area contributed by atoms with Crippen molar-refractivity contribution in [3.8, 4) is 0 Å². The van der Waals surface area contributed by atoms with Crippen LogP contribution in [0.2, 0.25) is 0 Å². The molecule has 2 aromatic rings. The first-order valence-corrected chi connectivity index (χ1v) is 10.5. The van der Waals surface area contributed by atoms with E-state index in [9.17, 15) is 13.2 Å². The number of hydrogen-bond donors (Lipinski definition) is 2. The van der Waals surface area contributed by atoms with E-state index >= 15 is 0 Å². The highest BCUT2D eigenvalue weighted by Crippen LogP contribution is 2.25. The Morgan fingerprint density at radius 3 is 2.44 bits per heavy atom. The van der Waals surface area contributed by atoms with E-state index in [1.165, 1.54) is 6.92 Å². The lowest BCUT2D eigenvalue weighted by Gasteiger charge is -2.25. The Morgan fingerprint density at radius 2 is 1.85 bits per heavy atom. The van der Waals surface area contributed by atoms with Gasteiger partial charge in [0.1, 0.15) is 17.5 Å². The van der Waals surface area contributed by atoms with Crippen molar-refractivity contribution in [1.29, 1.82) is 0 Å². The van der Waals surface area contributed by atoms with Gasteiger partial charge in [-0.1, -0.05) is 0 Å².